The third-order valence-electron chi connectivity index (χ3n) is 7.14. The number of nitrogens with zero attached hydrogens (tertiary/aromatic N) is 3. The molecule has 9 heteroatoms. The first kappa shape index (κ1) is 25.8. The Hall–Kier alpha value is -3.87. The molecule has 2 fully saturated rings. The molecule has 1 aliphatic carbocycles. The van der Waals surface area contributed by atoms with Crippen LogP contribution < -0.4 is 20.1 Å². The molecule has 0 spiro atoms. The van der Waals surface area contributed by atoms with E-state index in [0.29, 0.717) is 40.3 Å². The topological polar surface area (TPSA) is 120 Å². The highest BCUT2D eigenvalue weighted by Gasteiger charge is 2.23. The number of carbonyl (C=O) groups is 1. The van der Waals surface area contributed by atoms with Gasteiger partial charge in [0.25, 0.3) is 0 Å². The van der Waals surface area contributed by atoms with Crippen LogP contribution in [0.15, 0.2) is 36.5 Å². The Balaban J connectivity index is 1.32. The molecule has 0 unspecified atom stereocenters. The van der Waals surface area contributed by atoms with E-state index in [-0.39, 0.29) is 18.7 Å². The molecule has 1 aliphatic heterocycles. The molecular formula is C29H33N5O4. The van der Waals surface area contributed by atoms with E-state index in [1.807, 2.05) is 26.0 Å². The number of hydrogen-bond donors (Lipinski definition) is 3. The first-order valence-corrected chi connectivity index (χ1v) is 13.1. The average molecular weight is 516 g/mol. The zero-order chi connectivity index (χ0) is 26.6. The first-order chi connectivity index (χ1) is 18.4. The highest BCUT2D eigenvalue weighted by Crippen LogP contribution is 2.36. The van der Waals surface area contributed by atoms with Gasteiger partial charge in [0, 0.05) is 35.9 Å². The molecule has 38 heavy (non-hydrogen) atoms. The summed E-state index contributed by atoms with van der Waals surface area (Å²) in [6.45, 7) is 6.54. The van der Waals surface area contributed by atoms with Crippen LogP contribution in [0.2, 0.25) is 0 Å². The van der Waals surface area contributed by atoms with E-state index in [9.17, 15) is 15.2 Å². The second kappa shape index (κ2) is 11.3. The van der Waals surface area contributed by atoms with Gasteiger partial charge in [-0.3, -0.25) is 4.98 Å². The molecule has 1 saturated carbocycles. The van der Waals surface area contributed by atoms with Crippen molar-refractivity contribution in [3.8, 4) is 23.3 Å². The third kappa shape index (κ3) is 5.98. The standard InChI is InChI=1S/C29H33N5O4/c1-18-19(2)26(8-7-24(18)33-29(36)32-21-5-6-21)38-27-9-10-31-25-14-28(20(15-30)13-23(25)27)37-17-22(35)16-34-11-3-4-12-34/h7-10,13-14,21-22,35H,3-6,11-12,16-17H2,1-2H3,(H2,32,33,36)/t22-/m0/s1. The Bertz CT molecular complexity index is 1380. The summed E-state index contributed by atoms with van der Waals surface area (Å²) in [6.07, 6.45) is 5.38. The second-order valence-corrected chi connectivity index (χ2v) is 10.1. The normalized spacial score (nSPS) is 16.2. The minimum absolute atomic E-state index is 0.102. The fourth-order valence-corrected chi connectivity index (χ4v) is 4.68. The van der Waals surface area contributed by atoms with E-state index < -0.39 is 6.10 Å². The molecule has 1 saturated heterocycles. The summed E-state index contributed by atoms with van der Waals surface area (Å²) >= 11 is 0. The number of fused-ring (bicyclic) bond motifs is 1. The molecule has 2 heterocycles. The van der Waals surface area contributed by atoms with Crippen LogP contribution in [0.4, 0.5) is 10.5 Å². The number of amides is 2. The van der Waals surface area contributed by atoms with E-state index in [2.05, 4.69) is 26.6 Å². The quantitative estimate of drug-likeness (QED) is 0.380. The molecule has 2 aliphatic rings. The Morgan fingerprint density at radius 1 is 1.16 bits per heavy atom. The van der Waals surface area contributed by atoms with Gasteiger partial charge in [-0.15, -0.1) is 0 Å². The number of benzene rings is 2. The maximum Gasteiger partial charge on any atom is 0.319 e. The van der Waals surface area contributed by atoms with Gasteiger partial charge in [-0.25, -0.2) is 4.79 Å². The number of urea groups is 1. The molecule has 5 rings (SSSR count). The number of nitrogens with one attached hydrogen (secondary N) is 2. The van der Waals surface area contributed by atoms with Crippen LogP contribution >= 0.6 is 0 Å². The number of ether oxygens (including phenoxy) is 2. The second-order valence-electron chi connectivity index (χ2n) is 10.1. The van der Waals surface area contributed by atoms with Gasteiger partial charge in [0.2, 0.25) is 0 Å². The number of carbonyl (C=O) groups excluding carboxylic acids is 1. The summed E-state index contributed by atoms with van der Waals surface area (Å²) in [6, 6.07) is 11.1. The van der Waals surface area contributed by atoms with Gasteiger partial charge in [-0.05, 0) is 88.0 Å². The number of aliphatic hydroxyl groups is 1. The largest absolute Gasteiger partial charge is 0.489 e. The van der Waals surface area contributed by atoms with Crippen molar-refractivity contribution in [1.29, 1.82) is 5.26 Å². The number of pyridine rings is 1. The summed E-state index contributed by atoms with van der Waals surface area (Å²) < 4.78 is 12.1. The molecule has 0 radical (unpaired) electrons. The number of hydrogen-bond acceptors (Lipinski definition) is 7. The fraction of sp³-hybridized carbons (Fsp3) is 0.414. The van der Waals surface area contributed by atoms with Crippen molar-refractivity contribution in [2.75, 3.05) is 31.6 Å². The maximum absolute atomic E-state index is 12.2. The minimum atomic E-state index is -0.638. The average Bonchev–Trinajstić information content (AvgIpc) is 3.57. The van der Waals surface area contributed by atoms with Crippen molar-refractivity contribution in [2.24, 2.45) is 0 Å². The van der Waals surface area contributed by atoms with Gasteiger partial charge in [-0.1, -0.05) is 0 Å². The summed E-state index contributed by atoms with van der Waals surface area (Å²) in [5, 5.41) is 26.7. The van der Waals surface area contributed by atoms with Crippen molar-refractivity contribution >= 4 is 22.6 Å². The number of anilines is 1. The lowest BCUT2D eigenvalue weighted by Gasteiger charge is -2.20. The van der Waals surface area contributed by atoms with Crippen molar-refractivity contribution in [1.82, 2.24) is 15.2 Å². The summed E-state index contributed by atoms with van der Waals surface area (Å²) in [4.78, 5) is 18.9. The van der Waals surface area contributed by atoms with Crippen molar-refractivity contribution in [2.45, 2.75) is 51.7 Å². The van der Waals surface area contributed by atoms with Gasteiger partial charge in [0.05, 0.1) is 11.1 Å². The molecule has 2 aromatic carbocycles. The molecule has 1 atom stereocenters. The monoisotopic (exact) mass is 515 g/mol. The van der Waals surface area contributed by atoms with E-state index in [0.717, 1.165) is 55.6 Å². The van der Waals surface area contributed by atoms with Crippen LogP contribution in [0, 0.1) is 25.2 Å². The third-order valence-corrected chi connectivity index (χ3v) is 7.14. The van der Waals surface area contributed by atoms with Gasteiger partial charge in [0.15, 0.2) is 0 Å². The highest BCUT2D eigenvalue weighted by atomic mass is 16.5. The number of nitriles is 1. The van der Waals surface area contributed by atoms with Crippen molar-refractivity contribution in [3.05, 3.63) is 53.2 Å². The Morgan fingerprint density at radius 2 is 1.95 bits per heavy atom. The van der Waals surface area contributed by atoms with E-state index in [4.69, 9.17) is 9.47 Å². The van der Waals surface area contributed by atoms with Crippen LogP contribution in [0.3, 0.4) is 0 Å². The van der Waals surface area contributed by atoms with Crippen LogP contribution in [0.1, 0.15) is 42.4 Å². The summed E-state index contributed by atoms with van der Waals surface area (Å²) in [5.41, 5.74) is 3.50. The van der Waals surface area contributed by atoms with Crippen LogP contribution in [-0.4, -0.2) is 59.4 Å². The van der Waals surface area contributed by atoms with Crippen molar-refractivity contribution < 1.29 is 19.4 Å². The zero-order valence-corrected chi connectivity index (χ0v) is 21.8. The predicted octanol–water partition coefficient (Wildman–Crippen LogP) is 4.64. The number of rotatable bonds is 9. The SMILES string of the molecule is Cc1c(NC(=O)NC2CC2)ccc(Oc2ccnc3cc(OC[C@@H](O)CN4CCCC4)c(C#N)cc23)c1C. The lowest BCUT2D eigenvalue weighted by atomic mass is 10.1. The molecule has 1 aromatic heterocycles. The fourth-order valence-electron chi connectivity index (χ4n) is 4.68. The van der Waals surface area contributed by atoms with Gasteiger partial charge in [0.1, 0.15) is 36.0 Å². The molecule has 2 amide bonds. The first-order valence-electron chi connectivity index (χ1n) is 13.1. The zero-order valence-electron chi connectivity index (χ0n) is 21.8. The van der Waals surface area contributed by atoms with Crippen LogP contribution in [0.25, 0.3) is 10.9 Å². The Kier molecular flexibility index (Phi) is 7.63. The molecule has 198 valence electrons. The molecule has 0 bridgehead atoms. The highest BCUT2D eigenvalue weighted by molar-refractivity contribution is 5.91. The van der Waals surface area contributed by atoms with E-state index >= 15 is 0 Å². The smallest absolute Gasteiger partial charge is 0.319 e. The Labute approximate surface area is 222 Å². The summed E-state index contributed by atoms with van der Waals surface area (Å²) in [5.74, 6) is 1.59. The molecule has 3 aromatic rings. The lowest BCUT2D eigenvalue weighted by molar-refractivity contribution is 0.0758. The maximum atomic E-state index is 12.2. The summed E-state index contributed by atoms with van der Waals surface area (Å²) in [7, 11) is 0. The van der Waals surface area contributed by atoms with E-state index in [1.165, 1.54) is 0 Å². The number of β-amino-alcohol motifs (C(OH)–C–C–N with tert-alkyl or cyclic N) is 1. The van der Waals surface area contributed by atoms with Crippen LogP contribution in [0.5, 0.6) is 17.2 Å². The van der Waals surface area contributed by atoms with Crippen LogP contribution in [-0.2, 0) is 0 Å². The van der Waals surface area contributed by atoms with Crippen molar-refractivity contribution in [3.63, 3.8) is 0 Å². The van der Waals surface area contributed by atoms with Gasteiger partial charge < -0.3 is 30.1 Å². The number of aliphatic hydroxyl groups excluding tert-OH is 1. The Morgan fingerprint density at radius 3 is 2.68 bits per heavy atom. The number of aromatic nitrogens is 1. The lowest BCUT2D eigenvalue weighted by Crippen LogP contribution is -2.33. The number of likely N-dealkylation sites (tertiary alicyclic amines) is 1. The minimum Gasteiger partial charge on any atom is -0.489 e. The predicted molar refractivity (Wildman–Crippen MR) is 145 cm³/mol. The molecule has 3 N–H and O–H groups in total. The van der Waals surface area contributed by atoms with Gasteiger partial charge in [-0.2, -0.15) is 5.26 Å². The molecule has 9 nitrogen and oxygen atoms in total. The van der Waals surface area contributed by atoms with E-state index in [1.54, 1.807) is 24.4 Å². The van der Waals surface area contributed by atoms with Gasteiger partial charge >= 0.3 is 6.03 Å². The molecular weight excluding hydrogens is 482 g/mol.